The molecular formula is C20H23N3O4S2. The third kappa shape index (κ3) is 4.09. The average Bonchev–Trinajstić information content (AvgIpc) is 3.15. The van der Waals surface area contributed by atoms with Crippen molar-refractivity contribution in [3.05, 3.63) is 47.5 Å². The van der Waals surface area contributed by atoms with Gasteiger partial charge in [0.1, 0.15) is 5.01 Å². The number of hydrogen-bond donors (Lipinski definition) is 0. The zero-order chi connectivity index (χ0) is 20.4. The minimum atomic E-state index is -3.58. The summed E-state index contributed by atoms with van der Waals surface area (Å²) in [6.07, 6.45) is 0. The van der Waals surface area contributed by atoms with Gasteiger partial charge < -0.3 is 9.47 Å². The topological polar surface area (TPSA) is 72.0 Å². The fourth-order valence-corrected chi connectivity index (χ4v) is 5.88. The van der Waals surface area contributed by atoms with Gasteiger partial charge >= 0.3 is 0 Å². The Balaban J connectivity index is 1.43. The van der Waals surface area contributed by atoms with Crippen LogP contribution in [0, 0.1) is 0 Å². The highest BCUT2D eigenvalue weighted by molar-refractivity contribution is 7.89. The van der Waals surface area contributed by atoms with E-state index < -0.39 is 10.0 Å². The smallest absolute Gasteiger partial charge is 0.243 e. The number of aromatic nitrogens is 1. The van der Waals surface area contributed by atoms with Crippen molar-refractivity contribution in [1.29, 1.82) is 0 Å². The number of thiazole rings is 1. The van der Waals surface area contributed by atoms with Crippen LogP contribution in [0.25, 0.3) is 10.2 Å². The van der Waals surface area contributed by atoms with Crippen LogP contribution in [-0.2, 0) is 16.6 Å². The summed E-state index contributed by atoms with van der Waals surface area (Å²) in [5.41, 5.74) is 1.02. The Labute approximate surface area is 174 Å². The van der Waals surface area contributed by atoms with Crippen molar-refractivity contribution >= 4 is 31.6 Å². The van der Waals surface area contributed by atoms with Gasteiger partial charge in [0, 0.05) is 32.2 Å². The second kappa shape index (κ2) is 8.27. The first-order valence-corrected chi connectivity index (χ1v) is 11.6. The maximum absolute atomic E-state index is 13.0. The molecule has 29 heavy (non-hydrogen) atoms. The van der Waals surface area contributed by atoms with Crippen LogP contribution in [0.15, 0.2) is 47.4 Å². The molecule has 1 aromatic heterocycles. The molecule has 1 aliphatic heterocycles. The normalized spacial score (nSPS) is 16.2. The standard InChI is InChI=1S/C20H23N3O4S2/c1-26-17-8-7-15(13-18(17)27-2)29(24,25)23-11-9-22(10-12-23)14-20-21-16-5-3-4-6-19(16)28-20/h3-8,13H,9-12,14H2,1-2H3. The van der Waals surface area contributed by atoms with E-state index in [1.54, 1.807) is 23.5 Å². The van der Waals surface area contributed by atoms with Gasteiger partial charge in [0.25, 0.3) is 0 Å². The van der Waals surface area contributed by atoms with E-state index in [0.29, 0.717) is 37.7 Å². The molecular weight excluding hydrogens is 410 g/mol. The van der Waals surface area contributed by atoms with E-state index in [1.165, 1.54) is 29.3 Å². The molecule has 0 atom stereocenters. The highest BCUT2D eigenvalue weighted by Gasteiger charge is 2.29. The summed E-state index contributed by atoms with van der Waals surface area (Å²) in [6.45, 7) is 2.97. The SMILES string of the molecule is COc1ccc(S(=O)(=O)N2CCN(Cc3nc4ccccc4s3)CC2)cc1OC. The molecule has 9 heteroatoms. The van der Waals surface area contributed by atoms with Gasteiger partial charge in [-0.05, 0) is 24.3 Å². The molecule has 0 aliphatic carbocycles. The largest absolute Gasteiger partial charge is 0.493 e. The van der Waals surface area contributed by atoms with Gasteiger partial charge in [0.15, 0.2) is 11.5 Å². The molecule has 3 aromatic rings. The molecule has 0 bridgehead atoms. The van der Waals surface area contributed by atoms with Gasteiger partial charge in [-0.15, -0.1) is 11.3 Å². The van der Waals surface area contributed by atoms with Crippen molar-refractivity contribution in [2.45, 2.75) is 11.4 Å². The van der Waals surface area contributed by atoms with Crippen LogP contribution in [0.1, 0.15) is 5.01 Å². The van der Waals surface area contributed by atoms with E-state index in [-0.39, 0.29) is 4.90 Å². The molecule has 4 rings (SSSR count). The van der Waals surface area contributed by atoms with Crippen LogP contribution in [0.2, 0.25) is 0 Å². The van der Waals surface area contributed by atoms with Crippen LogP contribution in [-0.4, -0.2) is 63.0 Å². The first-order valence-electron chi connectivity index (χ1n) is 9.30. The Kier molecular flexibility index (Phi) is 5.73. The number of piperazine rings is 1. The van der Waals surface area contributed by atoms with Crippen molar-refractivity contribution in [2.75, 3.05) is 40.4 Å². The Morgan fingerprint density at radius 2 is 1.72 bits per heavy atom. The molecule has 7 nitrogen and oxygen atoms in total. The lowest BCUT2D eigenvalue weighted by Crippen LogP contribution is -2.48. The third-order valence-corrected chi connectivity index (χ3v) is 7.94. The second-order valence-corrected chi connectivity index (χ2v) is 9.83. The fraction of sp³-hybridized carbons (Fsp3) is 0.350. The lowest BCUT2D eigenvalue weighted by molar-refractivity contribution is 0.181. The fourth-order valence-electron chi connectivity index (χ4n) is 3.43. The lowest BCUT2D eigenvalue weighted by atomic mass is 10.3. The lowest BCUT2D eigenvalue weighted by Gasteiger charge is -2.33. The van der Waals surface area contributed by atoms with E-state index in [1.807, 2.05) is 18.2 Å². The Bertz CT molecular complexity index is 1070. The highest BCUT2D eigenvalue weighted by Crippen LogP contribution is 2.31. The van der Waals surface area contributed by atoms with Gasteiger partial charge in [-0.3, -0.25) is 4.90 Å². The van der Waals surface area contributed by atoms with Crippen molar-refractivity contribution < 1.29 is 17.9 Å². The molecule has 0 N–H and O–H groups in total. The van der Waals surface area contributed by atoms with Gasteiger partial charge in [-0.25, -0.2) is 13.4 Å². The van der Waals surface area contributed by atoms with Gasteiger partial charge in [0.2, 0.25) is 10.0 Å². The number of ether oxygens (including phenoxy) is 2. The maximum Gasteiger partial charge on any atom is 0.243 e. The number of hydrogen-bond acceptors (Lipinski definition) is 7. The summed E-state index contributed by atoms with van der Waals surface area (Å²) < 4.78 is 39.2. The summed E-state index contributed by atoms with van der Waals surface area (Å²) in [7, 11) is -0.559. The van der Waals surface area contributed by atoms with Gasteiger partial charge in [-0.2, -0.15) is 4.31 Å². The van der Waals surface area contributed by atoms with Crippen LogP contribution in [0.5, 0.6) is 11.5 Å². The van der Waals surface area contributed by atoms with Gasteiger partial charge in [0.05, 0.1) is 35.9 Å². The summed E-state index contributed by atoms with van der Waals surface area (Å²) in [5.74, 6) is 0.912. The van der Waals surface area contributed by atoms with Crippen molar-refractivity contribution in [2.24, 2.45) is 0 Å². The summed E-state index contributed by atoms with van der Waals surface area (Å²) >= 11 is 1.69. The highest BCUT2D eigenvalue weighted by atomic mass is 32.2. The van der Waals surface area contributed by atoms with Crippen LogP contribution < -0.4 is 9.47 Å². The quantitative estimate of drug-likeness (QED) is 0.595. The van der Waals surface area contributed by atoms with E-state index in [9.17, 15) is 8.42 Å². The molecule has 2 aromatic carbocycles. The average molecular weight is 434 g/mol. The molecule has 0 saturated carbocycles. The predicted octanol–water partition coefficient (Wildman–Crippen LogP) is 2.82. The zero-order valence-electron chi connectivity index (χ0n) is 16.4. The summed E-state index contributed by atoms with van der Waals surface area (Å²) in [4.78, 5) is 7.14. The minimum Gasteiger partial charge on any atom is -0.493 e. The first kappa shape index (κ1) is 20.1. The van der Waals surface area contributed by atoms with Crippen LogP contribution >= 0.6 is 11.3 Å². The number of methoxy groups -OCH3 is 2. The first-order chi connectivity index (χ1) is 14.0. The molecule has 0 radical (unpaired) electrons. The number of rotatable bonds is 6. The zero-order valence-corrected chi connectivity index (χ0v) is 18.0. The Morgan fingerprint density at radius 1 is 1.00 bits per heavy atom. The van der Waals surface area contributed by atoms with Crippen LogP contribution in [0.3, 0.4) is 0 Å². The molecule has 1 saturated heterocycles. The van der Waals surface area contributed by atoms with E-state index in [2.05, 4.69) is 16.0 Å². The Hall–Kier alpha value is -2.20. The van der Waals surface area contributed by atoms with E-state index in [4.69, 9.17) is 9.47 Å². The molecule has 154 valence electrons. The molecule has 0 amide bonds. The van der Waals surface area contributed by atoms with Crippen molar-refractivity contribution in [3.8, 4) is 11.5 Å². The molecule has 1 fully saturated rings. The molecule has 2 heterocycles. The third-order valence-electron chi connectivity index (χ3n) is 5.02. The molecule has 1 aliphatic rings. The number of fused-ring (bicyclic) bond motifs is 1. The Morgan fingerprint density at radius 3 is 2.41 bits per heavy atom. The number of nitrogens with zero attached hydrogens (tertiary/aromatic N) is 3. The second-order valence-electron chi connectivity index (χ2n) is 6.77. The summed E-state index contributed by atoms with van der Waals surface area (Å²) in [5, 5.41) is 1.06. The van der Waals surface area contributed by atoms with E-state index >= 15 is 0 Å². The number of benzene rings is 2. The number of para-hydroxylation sites is 1. The molecule has 0 spiro atoms. The number of sulfonamides is 1. The van der Waals surface area contributed by atoms with Crippen molar-refractivity contribution in [3.63, 3.8) is 0 Å². The summed E-state index contributed by atoms with van der Waals surface area (Å²) in [6, 6.07) is 12.8. The monoisotopic (exact) mass is 433 g/mol. The van der Waals surface area contributed by atoms with Crippen molar-refractivity contribution in [1.82, 2.24) is 14.2 Å². The van der Waals surface area contributed by atoms with E-state index in [0.717, 1.165) is 17.1 Å². The predicted molar refractivity (Wildman–Crippen MR) is 113 cm³/mol. The van der Waals surface area contributed by atoms with Gasteiger partial charge in [-0.1, -0.05) is 12.1 Å². The van der Waals surface area contributed by atoms with Crippen LogP contribution in [0.4, 0.5) is 0 Å². The molecule has 0 unspecified atom stereocenters. The maximum atomic E-state index is 13.0. The minimum absolute atomic E-state index is 0.217.